The second kappa shape index (κ2) is 48.3. The third-order valence-electron chi connectivity index (χ3n) is 20.5. The summed E-state index contributed by atoms with van der Waals surface area (Å²) < 4.78 is 296. The summed E-state index contributed by atoms with van der Waals surface area (Å²) >= 11 is 0. The molecule has 0 saturated carbocycles. The Balaban J connectivity index is 0.665. The predicted octanol–water partition coefficient (Wildman–Crippen LogP) is -10.2. The molecule has 48 atom stereocenters. The summed E-state index contributed by atoms with van der Waals surface area (Å²) in [5.41, 5.74) is 0. The first-order chi connectivity index (χ1) is 62.6. The number of rotatable bonds is 52. The predicted molar refractivity (Wildman–Crippen MR) is 430 cm³/mol. The molecule has 0 spiro atoms. The van der Waals surface area contributed by atoms with Crippen LogP contribution in [0.15, 0.2) is 0 Å². The van der Waals surface area contributed by atoms with E-state index in [0.717, 1.165) is 0 Å². The number of phosphoric ester groups is 10. The van der Waals surface area contributed by atoms with Crippen LogP contribution in [-0.2, 0) is 193 Å². The van der Waals surface area contributed by atoms with Gasteiger partial charge in [0.2, 0.25) is 0 Å². The van der Waals surface area contributed by atoms with Crippen LogP contribution in [0.1, 0.15) is 6.92 Å². The Morgan fingerprint density at radius 1 is 0.259 bits per heavy atom. The first kappa shape index (κ1) is 116. The van der Waals surface area contributed by atoms with Crippen molar-refractivity contribution in [2.75, 3.05) is 85.9 Å². The van der Waals surface area contributed by atoms with Crippen LogP contribution in [0.25, 0.3) is 0 Å². The van der Waals surface area contributed by atoms with Gasteiger partial charge in [0, 0.05) is 48.0 Å². The van der Waals surface area contributed by atoms with E-state index in [1.54, 1.807) is 0 Å². The molecule has 16 radical (unpaired) electrons. The van der Waals surface area contributed by atoms with Crippen LogP contribution in [-0.4, -0.2) is 475 Å². The molecule has 0 aromatic carbocycles. The van der Waals surface area contributed by atoms with Crippen LogP contribution in [0.4, 0.5) is 0 Å². The minimum Gasteiger partial charge on any atom is -0.438 e. The molecule has 0 bridgehead atoms. The van der Waals surface area contributed by atoms with E-state index in [2.05, 4.69) is 4.52 Å². The Bertz CT molecular complexity index is 4470. The zero-order chi connectivity index (χ0) is 100. The van der Waals surface area contributed by atoms with Gasteiger partial charge in [-0.25, -0.2) is 45.7 Å². The van der Waals surface area contributed by atoms with Crippen molar-refractivity contribution in [2.24, 2.45) is 0 Å². The highest BCUT2D eigenvalue weighted by molar-refractivity contribution is 7.49. The summed E-state index contributed by atoms with van der Waals surface area (Å²) in [6.45, 7) is -11.3. The maximum atomic E-state index is 13.6. The minimum atomic E-state index is -5.72. The van der Waals surface area contributed by atoms with Crippen LogP contribution in [0, 0.1) is 25.1 Å². The Morgan fingerprint density at radius 2 is 0.407 bits per heavy atom. The molecule has 20 unspecified atom stereocenters. The van der Waals surface area contributed by atoms with Crippen molar-refractivity contribution in [3.63, 3.8) is 0 Å². The summed E-state index contributed by atoms with van der Waals surface area (Å²) in [6, 6.07) is -14.6. The van der Waals surface area contributed by atoms with Gasteiger partial charge >= 0.3 is 78.2 Å². The highest BCUT2D eigenvalue weighted by Gasteiger charge is 2.59. The lowest BCUT2D eigenvalue weighted by molar-refractivity contribution is -0.0468. The normalized spacial score (nSPS) is 43.3. The number of hydrogen-bond donors (Lipinski definition) is 19. The fourth-order valence-corrected chi connectivity index (χ4v) is 23.7. The molecule has 0 aliphatic carbocycles. The summed E-state index contributed by atoms with van der Waals surface area (Å²) in [6.07, 6.45) is -43.4. The van der Waals surface area contributed by atoms with Gasteiger partial charge in [0.05, 0.1) is 85.9 Å². The molecule has 79 heteroatoms. The van der Waals surface area contributed by atoms with Crippen molar-refractivity contribution in [3.8, 4) is 25.1 Å². The number of hydrogen-bond acceptors (Lipinski definition) is 51. The maximum Gasteiger partial charge on any atom is 0.472 e. The number of phosphoric acid groups is 10. The number of terminal acetylenes is 2. The molecule has 0 amide bonds. The molecule has 135 heavy (non-hydrogen) atoms. The van der Waals surface area contributed by atoms with E-state index in [1.807, 2.05) is 12.2 Å². The topological polar surface area (TPSA) is 850 Å². The number of aliphatic hydroxyl groups is 9. The molecule has 10 heterocycles. The number of aliphatic hydroxyl groups excluding tert-OH is 9. The smallest absolute Gasteiger partial charge is 0.438 e. The fraction of sp³-hybridized carbons (Fsp3) is 0.929. The molecule has 10 rings (SSSR count). The number of ether oxygens (including phenoxy) is 12. The molecule has 0 aromatic heterocycles. The average Bonchev–Trinajstić information content (AvgIpc) is 1.66. The minimum absolute atomic E-state index is 0.280. The monoisotopic (exact) mass is 2130 g/mol. The third kappa shape index (κ3) is 31.8. The van der Waals surface area contributed by atoms with Gasteiger partial charge in [-0.2, -0.15) is 0 Å². The van der Waals surface area contributed by atoms with Crippen molar-refractivity contribution in [1.82, 2.24) is 0 Å². The highest BCUT2D eigenvalue weighted by atomic mass is 31.2. The maximum absolute atomic E-state index is 13.6. The molecule has 10 aliphatic rings. The largest absolute Gasteiger partial charge is 0.472 e. The second-order valence-corrected chi connectivity index (χ2v) is 44.0. The van der Waals surface area contributed by atoms with E-state index >= 15 is 0 Å². The first-order valence-corrected chi connectivity index (χ1v) is 53.9. The third-order valence-corrected chi connectivity index (χ3v) is 30.4. The quantitative estimate of drug-likeness (QED) is 0.0153. The Labute approximate surface area is 774 Å². The standard InChI is InChI=1S/C56H88B8O61P10/c1-4-94-20-8-96-19(7-65)39(20)116-127(76,77)100-11-23-42(32(67)50(58)108-23)119-129(80,81)102-13-25-44(34(69)52(60)110-25)121-131(84,85)104-15-27-46(36(71)54(62)112-27)123-133(88,89)106-17-29-48(38(73)56(64)114-29)125-135(92,93)107-18-30-47(37(72)55(63)115-30)124-134(90,91)105-16-28-45(35(70)53(61)113-28)122-132(86,87)103-14-26-43(33(68)51(59)111-26)120-130(82,83)101-12-24-41(31(66)49(57)109-24)118-128(78,79)99-10-22-40(21(9-97-22)95-5-2)117-126(74,75)98-6-3/h1-2,19-56,65-73H,6-18H2,3H3,(H,74,75)(H,76,77)(H,78,79)(H,80,81)(H,82,83)(H,84,85)(H,86,87)(H,88,89)(H,90,91)(H,92,93)/t19-,20-,21-,22-,23-,24-,25-,26-,27-,28-,29-,30-,31+,32+,33+,34+,35+,36+,37+,38+,39?,40?,41?,42?,43?,44?,45?,46?,47?,48?,49-,50-,51-,52-,53-,54-,55-,56-/m1/s1. The molecule has 0 aromatic rings. The summed E-state index contributed by atoms with van der Waals surface area (Å²) in [5.74, 6) is 0. The van der Waals surface area contributed by atoms with E-state index in [0.29, 0.717) is 0 Å². The van der Waals surface area contributed by atoms with Gasteiger partial charge in [0.25, 0.3) is 0 Å². The molecular weight excluding hydrogens is 2040 g/mol. The van der Waals surface area contributed by atoms with Crippen molar-refractivity contribution in [1.29, 1.82) is 0 Å². The molecule has 752 valence electrons. The van der Waals surface area contributed by atoms with Crippen molar-refractivity contribution in [3.05, 3.63) is 0 Å². The summed E-state index contributed by atoms with van der Waals surface area (Å²) in [4.78, 5) is 107. The fourth-order valence-electron chi connectivity index (χ4n) is 14.0. The Morgan fingerprint density at radius 3 is 0.570 bits per heavy atom. The van der Waals surface area contributed by atoms with Crippen molar-refractivity contribution >= 4 is 141 Å². The van der Waals surface area contributed by atoms with Gasteiger partial charge in [-0.15, -0.1) is 0 Å². The lowest BCUT2D eigenvalue weighted by Crippen LogP contribution is -2.39. The highest BCUT2D eigenvalue weighted by Crippen LogP contribution is 2.59. The molecule has 19 N–H and O–H groups in total. The van der Waals surface area contributed by atoms with Gasteiger partial charge in [0.15, 0.2) is 12.2 Å². The lowest BCUT2D eigenvalue weighted by atomic mass is 9.93. The summed E-state index contributed by atoms with van der Waals surface area (Å²) in [7, 11) is -8.85. The van der Waals surface area contributed by atoms with Crippen LogP contribution in [0.5, 0.6) is 0 Å². The van der Waals surface area contributed by atoms with E-state index in [9.17, 15) is 141 Å². The Kier molecular flexibility index (Phi) is 41.6. The van der Waals surface area contributed by atoms with Crippen LogP contribution >= 0.6 is 78.2 Å². The van der Waals surface area contributed by atoms with E-state index in [4.69, 9.17) is 218 Å². The van der Waals surface area contributed by atoms with Gasteiger partial charge in [0.1, 0.15) is 246 Å². The lowest BCUT2D eigenvalue weighted by Gasteiger charge is -2.28. The van der Waals surface area contributed by atoms with Gasteiger partial charge < -0.3 is 152 Å². The Hall–Kier alpha value is -0.421. The zero-order valence-corrected chi connectivity index (χ0v) is 78.0. The van der Waals surface area contributed by atoms with E-state index in [-0.39, 0.29) is 13.2 Å². The summed E-state index contributed by atoms with van der Waals surface area (Å²) in [5, 5.41) is 96.2. The molecule has 61 nitrogen and oxygen atoms in total. The SMILES string of the molecule is [B][C@@H]1O[C@H](COP(=O)(O)OC2[C@H](OC#C)CO[C@@H]2CO)C(OP(=O)(O)OC[C@H]2O[C@@H]([B])[C@@H](O)C2OP(=O)(O)OC[C@H]2O[C@@H]([B])[C@@H](O)C2OP(=O)(O)OC[C@H]2O[C@@H]([B])[C@@H](O)C2OP(=O)(O)OC[C@H]2O[C@@H]([B])[C@@H](O)C2OP(=O)(O)OC[C@H]2O[C@@H]([B])[C@@H](O)C2OP(=O)(O)OC[C@H]2O[C@@H]([B])[C@@H](O)C2OP(=O)(O)OC[C@H]2O[C@@H]([B])[C@@H](O)C2OP(=O)(O)OC[C@H]2OC[C@@H](OC#C)C2OP(=O)(O)OCC)[C@@H]1O. The molecular formula is C56H88B8O61P10. The molecule has 10 saturated heterocycles. The second-order valence-electron chi connectivity index (χ2n) is 30.0. The zero-order valence-electron chi connectivity index (χ0n) is 69.0. The van der Waals surface area contributed by atoms with Crippen LogP contribution < -0.4 is 0 Å². The van der Waals surface area contributed by atoms with Gasteiger partial charge in [-0.05, 0) is 6.92 Å². The van der Waals surface area contributed by atoms with Gasteiger partial charge in [-0.3, -0.25) is 90.5 Å². The van der Waals surface area contributed by atoms with Crippen molar-refractivity contribution < 1.29 is 288 Å². The van der Waals surface area contributed by atoms with Crippen molar-refractivity contribution in [2.45, 2.75) is 238 Å². The van der Waals surface area contributed by atoms with E-state index in [1.165, 1.54) is 6.92 Å². The average molecular weight is 2130 g/mol. The molecule has 10 aliphatic heterocycles. The van der Waals surface area contributed by atoms with Crippen LogP contribution in [0.2, 0.25) is 0 Å². The van der Waals surface area contributed by atoms with E-state index < -0.39 is 382 Å². The van der Waals surface area contributed by atoms with Gasteiger partial charge in [-0.1, -0.05) is 12.8 Å². The first-order valence-electron chi connectivity index (χ1n) is 39.0. The van der Waals surface area contributed by atoms with Crippen LogP contribution in [0.3, 0.4) is 0 Å². The molecule has 10 fully saturated rings.